The van der Waals surface area contributed by atoms with E-state index < -0.39 is 22.8 Å². The number of carbonyl (C=O) groups is 1. The van der Waals surface area contributed by atoms with E-state index in [1.54, 1.807) is 31.3 Å². The van der Waals surface area contributed by atoms with Crippen molar-refractivity contribution in [1.82, 2.24) is 9.88 Å². The van der Waals surface area contributed by atoms with E-state index in [2.05, 4.69) is 10.2 Å². The number of aryl methyl sites for hydroxylation is 1. The molecule has 1 aromatic heterocycles. The number of aromatic hydroxyl groups is 1. The highest BCUT2D eigenvalue weighted by atomic mass is 16.3. The highest BCUT2D eigenvalue weighted by molar-refractivity contribution is 6.08. The van der Waals surface area contributed by atoms with Gasteiger partial charge in [-0.1, -0.05) is 60.7 Å². The van der Waals surface area contributed by atoms with Crippen molar-refractivity contribution in [3.63, 3.8) is 0 Å². The first-order chi connectivity index (χ1) is 17.8. The molecule has 0 saturated carbocycles. The normalized spacial score (nSPS) is 15.9. The van der Waals surface area contributed by atoms with Gasteiger partial charge in [0, 0.05) is 31.2 Å². The second-order valence-electron chi connectivity index (χ2n) is 9.78. The van der Waals surface area contributed by atoms with Crippen LogP contribution in [-0.2, 0) is 12.6 Å². The molecular formula is C30H31N3O4. The number of nitrogens with one attached hydrogen (secondary N) is 1. The number of anilines is 1. The summed E-state index contributed by atoms with van der Waals surface area (Å²) in [4.78, 5) is 28.0. The lowest BCUT2D eigenvalue weighted by Gasteiger charge is -2.39. The van der Waals surface area contributed by atoms with Gasteiger partial charge in [0.05, 0.1) is 22.7 Å². The van der Waals surface area contributed by atoms with Gasteiger partial charge in [0.2, 0.25) is 0 Å². The number of aliphatic hydroxyl groups is 1. The molecule has 0 bridgehead atoms. The summed E-state index contributed by atoms with van der Waals surface area (Å²) in [6.07, 6.45) is 1.26. The molecule has 0 radical (unpaired) electrons. The van der Waals surface area contributed by atoms with Crippen molar-refractivity contribution < 1.29 is 15.0 Å². The van der Waals surface area contributed by atoms with Crippen LogP contribution in [0.25, 0.3) is 10.9 Å². The molecule has 1 aliphatic rings. The molecular weight excluding hydrogens is 466 g/mol. The minimum atomic E-state index is -0.825. The maximum Gasteiger partial charge on any atom is 0.293 e. The van der Waals surface area contributed by atoms with Gasteiger partial charge in [-0.05, 0) is 49.1 Å². The number of para-hydroxylation sites is 1. The second-order valence-corrected chi connectivity index (χ2v) is 9.78. The summed E-state index contributed by atoms with van der Waals surface area (Å²) < 4.78 is 1.34. The van der Waals surface area contributed by atoms with E-state index in [9.17, 15) is 19.8 Å². The summed E-state index contributed by atoms with van der Waals surface area (Å²) in [7, 11) is 1.57. The van der Waals surface area contributed by atoms with Crippen molar-refractivity contribution in [2.75, 3.05) is 18.0 Å². The maximum atomic E-state index is 13.3. The molecule has 37 heavy (non-hydrogen) atoms. The molecule has 7 heteroatoms. The smallest absolute Gasteiger partial charge is 0.293 e. The number of amides is 1. The van der Waals surface area contributed by atoms with Crippen LogP contribution in [0.1, 0.15) is 47.3 Å². The predicted molar refractivity (Wildman–Crippen MR) is 145 cm³/mol. The van der Waals surface area contributed by atoms with Gasteiger partial charge in [-0.3, -0.25) is 9.59 Å². The third-order valence-electron chi connectivity index (χ3n) is 7.49. The molecule has 1 amide bonds. The molecule has 7 nitrogen and oxygen atoms in total. The van der Waals surface area contributed by atoms with E-state index in [0.29, 0.717) is 36.8 Å². The lowest BCUT2D eigenvalue weighted by molar-refractivity contribution is 0.0118. The molecule has 5 rings (SSSR count). The molecule has 190 valence electrons. The fourth-order valence-corrected chi connectivity index (χ4v) is 5.22. The zero-order valence-electron chi connectivity index (χ0n) is 21.0. The Bertz CT molecular complexity index is 1500. The summed E-state index contributed by atoms with van der Waals surface area (Å²) in [5, 5.41) is 25.2. The van der Waals surface area contributed by atoms with Gasteiger partial charge < -0.3 is 25.0 Å². The van der Waals surface area contributed by atoms with Gasteiger partial charge in [-0.25, -0.2) is 0 Å². The second kappa shape index (κ2) is 9.75. The van der Waals surface area contributed by atoms with E-state index >= 15 is 0 Å². The first-order valence-corrected chi connectivity index (χ1v) is 12.5. The molecule has 1 fully saturated rings. The molecule has 1 aliphatic heterocycles. The first kappa shape index (κ1) is 24.6. The molecule has 0 aliphatic carbocycles. The van der Waals surface area contributed by atoms with Crippen molar-refractivity contribution in [1.29, 1.82) is 0 Å². The van der Waals surface area contributed by atoms with Crippen LogP contribution >= 0.6 is 0 Å². The number of benzene rings is 3. The van der Waals surface area contributed by atoms with Crippen molar-refractivity contribution in [2.24, 2.45) is 7.05 Å². The van der Waals surface area contributed by atoms with E-state index in [1.165, 1.54) is 4.57 Å². The Hall–Kier alpha value is -4.10. The fraction of sp³-hybridized carbons (Fsp3) is 0.267. The molecule has 3 N–H and O–H groups in total. The third-order valence-corrected chi connectivity index (χ3v) is 7.49. The van der Waals surface area contributed by atoms with Gasteiger partial charge in [0.1, 0.15) is 0 Å². The molecule has 1 unspecified atom stereocenters. The van der Waals surface area contributed by atoms with Crippen molar-refractivity contribution in [3.05, 3.63) is 106 Å². The minimum Gasteiger partial charge on any atom is -0.502 e. The van der Waals surface area contributed by atoms with Gasteiger partial charge in [-0.2, -0.15) is 0 Å². The molecule has 3 aromatic carbocycles. The van der Waals surface area contributed by atoms with E-state index in [4.69, 9.17) is 0 Å². The van der Waals surface area contributed by atoms with E-state index in [0.717, 1.165) is 16.8 Å². The first-order valence-electron chi connectivity index (χ1n) is 12.5. The van der Waals surface area contributed by atoms with Crippen LogP contribution in [0.2, 0.25) is 0 Å². The Balaban J connectivity index is 1.33. The average Bonchev–Trinajstić information content (AvgIpc) is 2.93. The standard InChI is InChI=1S/C30H31N3O4/c1-20(31-28(35)26-24-13-6-7-14-25(24)32(2)29(36)27(26)34)21-9-8-12-23(19-21)33-17-15-30(37,16-18-33)22-10-4-3-5-11-22/h3-14,19-20,34,37H,15-18H2,1-2H3,(H,31,35). The fourth-order valence-electron chi connectivity index (χ4n) is 5.22. The summed E-state index contributed by atoms with van der Waals surface area (Å²) in [6.45, 7) is 3.30. The molecule has 2 heterocycles. The average molecular weight is 498 g/mol. The number of fused-ring (bicyclic) bond motifs is 1. The van der Waals surface area contributed by atoms with Crippen LogP contribution in [0.4, 0.5) is 5.69 Å². The number of nitrogens with zero attached hydrogens (tertiary/aromatic N) is 2. The number of rotatable bonds is 5. The quantitative estimate of drug-likeness (QED) is 0.384. The Kier molecular flexibility index (Phi) is 6.48. The van der Waals surface area contributed by atoms with Crippen LogP contribution in [0.15, 0.2) is 83.7 Å². The topological polar surface area (TPSA) is 94.8 Å². The lowest BCUT2D eigenvalue weighted by Crippen LogP contribution is -2.42. The Morgan fingerprint density at radius 3 is 2.38 bits per heavy atom. The number of pyridine rings is 1. The summed E-state index contributed by atoms with van der Waals surface area (Å²) in [5.74, 6) is -1.06. The maximum absolute atomic E-state index is 13.3. The zero-order chi connectivity index (χ0) is 26.2. The molecule has 0 spiro atoms. The van der Waals surface area contributed by atoms with Crippen LogP contribution in [0.5, 0.6) is 5.75 Å². The number of carbonyl (C=O) groups excluding carboxylic acids is 1. The van der Waals surface area contributed by atoms with Gasteiger partial charge in [0.25, 0.3) is 11.5 Å². The Labute approximate surface area is 215 Å². The Morgan fingerprint density at radius 1 is 0.973 bits per heavy atom. The summed E-state index contributed by atoms with van der Waals surface area (Å²) in [6, 6.07) is 24.5. The monoisotopic (exact) mass is 497 g/mol. The zero-order valence-corrected chi connectivity index (χ0v) is 21.0. The molecule has 4 aromatic rings. The SMILES string of the molecule is CC(NC(=O)c1c(O)c(=O)n(C)c2ccccc12)c1cccc(N2CCC(O)(c3ccccc3)CC2)c1. The largest absolute Gasteiger partial charge is 0.502 e. The van der Waals surface area contributed by atoms with Crippen LogP contribution < -0.4 is 15.8 Å². The highest BCUT2D eigenvalue weighted by Crippen LogP contribution is 2.35. The van der Waals surface area contributed by atoms with Gasteiger partial charge in [-0.15, -0.1) is 0 Å². The van der Waals surface area contributed by atoms with E-state index in [-0.39, 0.29) is 11.6 Å². The summed E-state index contributed by atoms with van der Waals surface area (Å²) >= 11 is 0. The van der Waals surface area contributed by atoms with Crippen molar-refractivity contribution in [3.8, 4) is 5.75 Å². The minimum absolute atomic E-state index is 0.0158. The van der Waals surface area contributed by atoms with Gasteiger partial charge >= 0.3 is 0 Å². The summed E-state index contributed by atoms with van der Waals surface area (Å²) in [5.41, 5.74) is 2.00. The number of piperidine rings is 1. The van der Waals surface area contributed by atoms with Crippen LogP contribution in [-0.4, -0.2) is 33.8 Å². The van der Waals surface area contributed by atoms with Crippen molar-refractivity contribution >= 4 is 22.5 Å². The van der Waals surface area contributed by atoms with Crippen LogP contribution in [0, 0.1) is 0 Å². The molecule has 1 saturated heterocycles. The number of aromatic nitrogens is 1. The van der Waals surface area contributed by atoms with Gasteiger partial charge in [0.15, 0.2) is 5.75 Å². The third kappa shape index (κ3) is 4.58. The van der Waals surface area contributed by atoms with Crippen LogP contribution in [0.3, 0.4) is 0 Å². The Morgan fingerprint density at radius 2 is 1.65 bits per heavy atom. The lowest BCUT2D eigenvalue weighted by atomic mass is 9.84. The molecule has 1 atom stereocenters. The highest BCUT2D eigenvalue weighted by Gasteiger charge is 2.34. The van der Waals surface area contributed by atoms with E-state index in [1.807, 2.05) is 61.5 Å². The number of hydrogen-bond acceptors (Lipinski definition) is 5. The predicted octanol–water partition coefficient (Wildman–Crippen LogP) is 4.22. The number of hydrogen-bond donors (Lipinski definition) is 3. The van der Waals surface area contributed by atoms with Crippen molar-refractivity contribution in [2.45, 2.75) is 31.4 Å².